The van der Waals surface area contributed by atoms with Crippen LogP contribution in [0.25, 0.3) is 28.0 Å². The van der Waals surface area contributed by atoms with Gasteiger partial charge in [-0.15, -0.1) is 0 Å². The Labute approximate surface area is 168 Å². The molecule has 0 N–H and O–H groups in total. The molecule has 0 amide bonds. The third-order valence-electron chi connectivity index (χ3n) is 6.18. The highest BCUT2D eigenvalue weighted by molar-refractivity contribution is 5.87. The normalized spacial score (nSPS) is 15.2. The zero-order valence-electron chi connectivity index (χ0n) is 16.5. The maximum absolute atomic E-state index is 12.7. The first-order chi connectivity index (χ1) is 14.1. The summed E-state index contributed by atoms with van der Waals surface area (Å²) in [6.07, 6.45) is 6.44. The van der Waals surface area contributed by atoms with Crippen LogP contribution in [0.5, 0.6) is 0 Å². The minimum atomic E-state index is -0.537. The Morgan fingerprint density at radius 2 is 1.66 bits per heavy atom. The van der Waals surface area contributed by atoms with Crippen LogP contribution in [0.15, 0.2) is 64.2 Å². The van der Waals surface area contributed by atoms with E-state index in [0.29, 0.717) is 17.3 Å². The lowest BCUT2D eigenvalue weighted by molar-refractivity contribution is 0.443. The molecular formula is C24H23N3O2. The lowest BCUT2D eigenvalue weighted by atomic mass is 9.84. The van der Waals surface area contributed by atoms with Gasteiger partial charge in [0.15, 0.2) is 5.82 Å². The molecule has 0 bridgehead atoms. The number of hydrogen-bond acceptors (Lipinski definition) is 3. The number of rotatable bonds is 2. The minimum absolute atomic E-state index is 0.321. The van der Waals surface area contributed by atoms with Gasteiger partial charge in [0.1, 0.15) is 0 Å². The van der Waals surface area contributed by atoms with Gasteiger partial charge >= 0.3 is 5.69 Å². The van der Waals surface area contributed by atoms with Gasteiger partial charge in [0.05, 0.1) is 11.1 Å². The molecule has 0 aromatic heterocycles. The van der Waals surface area contributed by atoms with Crippen molar-refractivity contribution < 1.29 is 0 Å². The lowest BCUT2D eigenvalue weighted by Crippen LogP contribution is -2.35. The zero-order valence-corrected chi connectivity index (χ0v) is 16.5. The summed E-state index contributed by atoms with van der Waals surface area (Å²) in [5, 5.41) is 0.939. The van der Waals surface area contributed by atoms with Crippen molar-refractivity contribution in [3.8, 4) is 17.1 Å². The van der Waals surface area contributed by atoms with Crippen LogP contribution < -0.4 is 11.2 Å². The Bertz CT molecular complexity index is 1280. The molecule has 5 heteroatoms. The van der Waals surface area contributed by atoms with E-state index < -0.39 is 5.69 Å². The topological polar surface area (TPSA) is 56.9 Å². The quantitative estimate of drug-likeness (QED) is 0.485. The number of fused-ring (bicyclic) bond motifs is 2. The van der Waals surface area contributed by atoms with Gasteiger partial charge in [-0.2, -0.15) is 4.98 Å². The number of pyridine rings is 1. The molecule has 0 atom stereocenters. The van der Waals surface area contributed by atoms with Gasteiger partial charge in [-0.25, -0.2) is 4.79 Å². The molecule has 1 fully saturated rings. The fraction of sp³-hybridized carbons (Fsp3) is 0.292. The molecular weight excluding hydrogens is 362 g/mol. The van der Waals surface area contributed by atoms with Gasteiger partial charge in [0.2, 0.25) is 0 Å². The molecule has 0 radical (unpaired) electrons. The van der Waals surface area contributed by atoms with E-state index >= 15 is 0 Å². The van der Waals surface area contributed by atoms with Crippen molar-refractivity contribution >= 4 is 10.9 Å². The second kappa shape index (κ2) is 6.99. The van der Waals surface area contributed by atoms with Gasteiger partial charge in [-0.1, -0.05) is 49.6 Å². The van der Waals surface area contributed by atoms with Crippen molar-refractivity contribution in [1.29, 1.82) is 0 Å². The van der Waals surface area contributed by atoms with E-state index in [1.807, 2.05) is 34.9 Å². The summed E-state index contributed by atoms with van der Waals surface area (Å²) in [6, 6.07) is 18.2. The summed E-state index contributed by atoms with van der Waals surface area (Å²) in [6.45, 7) is 0. The van der Waals surface area contributed by atoms with Crippen LogP contribution in [-0.4, -0.2) is 14.1 Å². The average molecular weight is 385 g/mol. The molecule has 1 aliphatic carbocycles. The first-order valence-corrected chi connectivity index (χ1v) is 10.3. The van der Waals surface area contributed by atoms with Gasteiger partial charge in [-0.3, -0.25) is 13.9 Å². The first kappa shape index (κ1) is 17.9. The fourth-order valence-corrected chi connectivity index (χ4v) is 4.56. The maximum Gasteiger partial charge on any atom is 0.352 e. The summed E-state index contributed by atoms with van der Waals surface area (Å²) in [7, 11) is 1.47. The lowest BCUT2D eigenvalue weighted by Gasteiger charge is -2.23. The predicted octanol–water partition coefficient (Wildman–Crippen LogP) is 4.24. The van der Waals surface area contributed by atoms with E-state index in [1.54, 1.807) is 0 Å². The highest BCUT2D eigenvalue weighted by Gasteiger charge is 2.20. The van der Waals surface area contributed by atoms with Crippen LogP contribution in [0.1, 0.15) is 43.6 Å². The Hall–Kier alpha value is -3.21. The van der Waals surface area contributed by atoms with Crippen molar-refractivity contribution in [3.05, 3.63) is 81.0 Å². The molecule has 1 saturated carbocycles. The average Bonchev–Trinajstić information content (AvgIpc) is 2.77. The molecule has 5 rings (SSSR count). The van der Waals surface area contributed by atoms with Crippen LogP contribution in [0.4, 0.5) is 0 Å². The molecule has 29 heavy (non-hydrogen) atoms. The highest BCUT2D eigenvalue weighted by atomic mass is 16.2. The first-order valence-electron chi connectivity index (χ1n) is 10.3. The summed E-state index contributed by atoms with van der Waals surface area (Å²) < 4.78 is 2.99. The second-order valence-corrected chi connectivity index (χ2v) is 7.96. The monoisotopic (exact) mass is 385 g/mol. The smallest absolute Gasteiger partial charge is 0.294 e. The molecule has 0 saturated heterocycles. The van der Waals surface area contributed by atoms with Crippen molar-refractivity contribution in [2.75, 3.05) is 0 Å². The summed E-state index contributed by atoms with van der Waals surface area (Å²) in [5.41, 5.74) is 2.79. The van der Waals surface area contributed by atoms with E-state index in [1.165, 1.54) is 44.7 Å². The number of nitrogens with zero attached hydrogens (tertiary/aromatic N) is 3. The third kappa shape index (κ3) is 2.97. The van der Waals surface area contributed by atoms with Gasteiger partial charge in [0.25, 0.3) is 5.56 Å². The number of hydrogen-bond donors (Lipinski definition) is 0. The summed E-state index contributed by atoms with van der Waals surface area (Å²) in [4.78, 5) is 29.3. The van der Waals surface area contributed by atoms with Gasteiger partial charge in [-0.05, 0) is 54.0 Å². The fourth-order valence-electron chi connectivity index (χ4n) is 4.56. The number of para-hydroxylation sites is 1. The van der Waals surface area contributed by atoms with Crippen LogP contribution in [-0.2, 0) is 7.05 Å². The molecule has 0 unspecified atom stereocenters. The molecule has 5 nitrogen and oxygen atoms in total. The Morgan fingerprint density at radius 1 is 0.931 bits per heavy atom. The van der Waals surface area contributed by atoms with Crippen molar-refractivity contribution in [2.45, 2.75) is 38.0 Å². The molecule has 2 aromatic carbocycles. The van der Waals surface area contributed by atoms with E-state index in [2.05, 4.69) is 29.2 Å². The maximum atomic E-state index is 12.7. The van der Waals surface area contributed by atoms with Crippen molar-refractivity contribution in [3.63, 3.8) is 0 Å². The van der Waals surface area contributed by atoms with Crippen molar-refractivity contribution in [2.24, 2.45) is 7.05 Å². The van der Waals surface area contributed by atoms with E-state index in [4.69, 9.17) is 0 Å². The predicted molar refractivity (Wildman–Crippen MR) is 115 cm³/mol. The number of aromatic nitrogens is 3. The molecule has 2 aliphatic heterocycles. The Balaban J connectivity index is 1.74. The van der Waals surface area contributed by atoms with Gasteiger partial charge in [0, 0.05) is 12.7 Å². The second-order valence-electron chi connectivity index (χ2n) is 7.96. The van der Waals surface area contributed by atoms with Crippen molar-refractivity contribution in [1.82, 2.24) is 14.1 Å². The standard InChI is InChI=1S/C24H23N3O2/c1-26-23(28)20-15-18-9-5-6-10-21(18)27(22(20)25-24(26)29)19-13-11-17(12-14-19)16-7-3-2-4-8-16/h5-6,9-16H,2-4,7-8H2,1H3. The highest BCUT2D eigenvalue weighted by Crippen LogP contribution is 2.34. The SMILES string of the molecule is Cn1c(=O)nc2n(-c3ccc(C4CCCCC4)cc3)c3ccccc3cc-2c1=O. The van der Waals surface area contributed by atoms with E-state index in [0.717, 1.165) is 21.2 Å². The molecule has 0 spiro atoms. The zero-order chi connectivity index (χ0) is 20.0. The van der Waals surface area contributed by atoms with Crippen LogP contribution >= 0.6 is 0 Å². The van der Waals surface area contributed by atoms with E-state index in [9.17, 15) is 9.59 Å². The Morgan fingerprint density at radius 3 is 2.41 bits per heavy atom. The molecule has 3 aliphatic rings. The van der Waals surface area contributed by atoms with Crippen LogP contribution in [0, 0.1) is 0 Å². The Kier molecular flexibility index (Phi) is 4.31. The molecule has 2 aromatic rings. The molecule has 146 valence electrons. The minimum Gasteiger partial charge on any atom is -0.294 e. The van der Waals surface area contributed by atoms with Crippen LogP contribution in [0.3, 0.4) is 0 Å². The summed E-state index contributed by atoms with van der Waals surface area (Å²) in [5.74, 6) is 1.04. The van der Waals surface area contributed by atoms with E-state index in [-0.39, 0.29) is 5.56 Å². The largest absolute Gasteiger partial charge is 0.352 e. The third-order valence-corrected chi connectivity index (χ3v) is 6.18. The number of benzene rings is 2. The van der Waals surface area contributed by atoms with Crippen LogP contribution in [0.2, 0.25) is 0 Å². The molecule has 2 heterocycles. The summed E-state index contributed by atoms with van der Waals surface area (Å²) >= 11 is 0. The van der Waals surface area contributed by atoms with Gasteiger partial charge < -0.3 is 0 Å².